The van der Waals surface area contributed by atoms with Crippen LogP contribution in [0.25, 0.3) is 0 Å². The third-order valence-corrected chi connectivity index (χ3v) is 3.51. The van der Waals surface area contributed by atoms with Gasteiger partial charge in [0.1, 0.15) is 5.82 Å². The van der Waals surface area contributed by atoms with E-state index in [0.29, 0.717) is 5.92 Å². The second-order valence-corrected chi connectivity index (χ2v) is 5.08. The van der Waals surface area contributed by atoms with Gasteiger partial charge in [-0.15, -0.1) is 0 Å². The zero-order valence-corrected chi connectivity index (χ0v) is 12.1. The van der Waals surface area contributed by atoms with E-state index in [-0.39, 0.29) is 0 Å². The molecule has 2 aromatic heterocycles. The van der Waals surface area contributed by atoms with Crippen LogP contribution in [-0.2, 0) is 25.8 Å². The van der Waals surface area contributed by atoms with E-state index >= 15 is 0 Å². The van der Waals surface area contributed by atoms with E-state index in [1.54, 1.807) is 0 Å². The number of aromatic nitrogens is 5. The number of hydrogen-bond acceptors (Lipinski definition) is 3. The highest BCUT2D eigenvalue weighted by molar-refractivity contribution is 5.05. The molecule has 5 nitrogen and oxygen atoms in total. The van der Waals surface area contributed by atoms with Crippen molar-refractivity contribution in [1.29, 1.82) is 0 Å². The Morgan fingerprint density at radius 3 is 2.79 bits per heavy atom. The van der Waals surface area contributed by atoms with Crippen LogP contribution in [-0.4, -0.2) is 25.0 Å². The number of aryl methyl sites for hydroxylation is 3. The van der Waals surface area contributed by atoms with Crippen molar-refractivity contribution in [3.05, 3.63) is 29.6 Å². The first kappa shape index (κ1) is 13.8. The summed E-state index contributed by atoms with van der Waals surface area (Å²) in [6.45, 7) is 7.45. The fourth-order valence-electron chi connectivity index (χ4n) is 2.08. The fourth-order valence-corrected chi connectivity index (χ4v) is 2.08. The van der Waals surface area contributed by atoms with Crippen molar-refractivity contribution in [1.82, 2.24) is 25.0 Å². The minimum absolute atomic E-state index is 0.648. The molecule has 0 fully saturated rings. The van der Waals surface area contributed by atoms with E-state index in [9.17, 15) is 0 Å². The summed E-state index contributed by atoms with van der Waals surface area (Å²) in [4.78, 5) is 4.69. The molecule has 0 spiro atoms. The van der Waals surface area contributed by atoms with E-state index in [4.69, 9.17) is 0 Å². The molecule has 0 bridgehead atoms. The van der Waals surface area contributed by atoms with Crippen molar-refractivity contribution in [2.24, 2.45) is 5.92 Å². The van der Waals surface area contributed by atoms with Gasteiger partial charge in [0.05, 0.1) is 6.20 Å². The van der Waals surface area contributed by atoms with Crippen LogP contribution < -0.4 is 0 Å². The highest BCUT2D eigenvalue weighted by Crippen LogP contribution is 2.10. The maximum Gasteiger partial charge on any atom is 0.151 e. The normalized spacial score (nSPS) is 12.8. The Balaban J connectivity index is 2.02. The van der Waals surface area contributed by atoms with Crippen molar-refractivity contribution >= 4 is 0 Å². The fraction of sp³-hybridized carbons (Fsp3) is 0.643. The predicted molar refractivity (Wildman–Crippen MR) is 74.9 cm³/mol. The molecule has 2 aromatic rings. The van der Waals surface area contributed by atoms with Gasteiger partial charge in [0, 0.05) is 25.6 Å². The molecule has 5 heteroatoms. The summed E-state index contributed by atoms with van der Waals surface area (Å²) in [7, 11) is 0. The molecule has 0 aromatic carbocycles. The predicted octanol–water partition coefficient (Wildman–Crippen LogP) is 2.39. The lowest BCUT2D eigenvalue weighted by molar-refractivity contribution is 0.535. The summed E-state index contributed by atoms with van der Waals surface area (Å²) >= 11 is 0. The molecule has 104 valence electrons. The molecular weight excluding hydrogens is 238 g/mol. The minimum Gasteiger partial charge on any atom is -0.285 e. The van der Waals surface area contributed by atoms with Crippen LogP contribution in [0.2, 0.25) is 0 Å². The number of hydrogen-bond donors (Lipinski definition) is 1. The van der Waals surface area contributed by atoms with E-state index in [1.165, 1.54) is 12.0 Å². The second-order valence-electron chi connectivity index (χ2n) is 5.08. The van der Waals surface area contributed by atoms with Gasteiger partial charge in [-0.3, -0.25) is 9.78 Å². The van der Waals surface area contributed by atoms with Crippen LogP contribution >= 0.6 is 0 Å². The van der Waals surface area contributed by atoms with Crippen molar-refractivity contribution in [2.45, 2.75) is 53.0 Å². The lowest BCUT2D eigenvalue weighted by Crippen LogP contribution is -2.05. The molecule has 0 aliphatic rings. The Morgan fingerprint density at radius 1 is 1.32 bits per heavy atom. The quantitative estimate of drug-likeness (QED) is 0.832. The molecule has 0 radical (unpaired) electrons. The van der Waals surface area contributed by atoms with Gasteiger partial charge in [-0.2, -0.15) is 10.2 Å². The number of aromatic amines is 1. The minimum atomic E-state index is 0.648. The molecule has 1 N–H and O–H groups in total. The Morgan fingerprint density at radius 2 is 2.16 bits per heavy atom. The number of nitrogens with one attached hydrogen (secondary N) is 1. The topological polar surface area (TPSA) is 59.4 Å². The monoisotopic (exact) mass is 261 g/mol. The van der Waals surface area contributed by atoms with Gasteiger partial charge >= 0.3 is 0 Å². The van der Waals surface area contributed by atoms with Gasteiger partial charge in [0.2, 0.25) is 0 Å². The molecule has 2 heterocycles. The summed E-state index contributed by atoms with van der Waals surface area (Å²) in [6.07, 6.45) is 7.82. The Hall–Kier alpha value is -1.65. The summed E-state index contributed by atoms with van der Waals surface area (Å²) in [5.74, 6) is 2.72. The van der Waals surface area contributed by atoms with Crippen molar-refractivity contribution in [3.63, 3.8) is 0 Å². The van der Waals surface area contributed by atoms with Crippen LogP contribution in [0.15, 0.2) is 12.4 Å². The summed E-state index contributed by atoms with van der Waals surface area (Å²) in [5.41, 5.74) is 1.22. The number of H-pyrrole nitrogens is 1. The Bertz CT molecular complexity index is 486. The van der Waals surface area contributed by atoms with E-state index in [2.05, 4.69) is 41.1 Å². The van der Waals surface area contributed by atoms with E-state index < -0.39 is 0 Å². The van der Waals surface area contributed by atoms with Crippen molar-refractivity contribution in [2.75, 3.05) is 0 Å². The molecule has 0 aliphatic heterocycles. The SMILES string of the molecule is CCC(C)Cc1nc(CCc2cn[nH]c2)n(CC)n1. The van der Waals surface area contributed by atoms with Gasteiger partial charge in [0.15, 0.2) is 5.82 Å². The van der Waals surface area contributed by atoms with Crippen LogP contribution in [0.4, 0.5) is 0 Å². The molecule has 0 aliphatic carbocycles. The molecular formula is C14H23N5. The largest absolute Gasteiger partial charge is 0.285 e. The van der Waals surface area contributed by atoms with Gasteiger partial charge in [-0.25, -0.2) is 4.98 Å². The van der Waals surface area contributed by atoms with E-state index in [1.807, 2.05) is 17.1 Å². The summed E-state index contributed by atoms with van der Waals surface area (Å²) in [5, 5.41) is 11.4. The first-order valence-corrected chi connectivity index (χ1v) is 7.13. The molecule has 1 atom stereocenters. The van der Waals surface area contributed by atoms with Gasteiger partial charge in [-0.1, -0.05) is 20.3 Å². The van der Waals surface area contributed by atoms with Crippen LogP contribution in [0.5, 0.6) is 0 Å². The van der Waals surface area contributed by atoms with Crippen molar-refractivity contribution < 1.29 is 0 Å². The smallest absolute Gasteiger partial charge is 0.151 e. The lowest BCUT2D eigenvalue weighted by Gasteiger charge is -2.02. The third kappa shape index (κ3) is 3.66. The molecule has 1 unspecified atom stereocenters. The molecule has 2 rings (SSSR count). The lowest BCUT2D eigenvalue weighted by atomic mass is 10.1. The van der Waals surface area contributed by atoms with Gasteiger partial charge in [0.25, 0.3) is 0 Å². The van der Waals surface area contributed by atoms with Gasteiger partial charge < -0.3 is 0 Å². The van der Waals surface area contributed by atoms with Crippen LogP contribution in [0.3, 0.4) is 0 Å². The molecule has 0 amide bonds. The first-order chi connectivity index (χ1) is 9.22. The summed E-state index contributed by atoms with van der Waals surface area (Å²) in [6, 6.07) is 0. The Labute approximate surface area is 114 Å². The maximum atomic E-state index is 4.69. The summed E-state index contributed by atoms with van der Waals surface area (Å²) < 4.78 is 2.03. The average Bonchev–Trinajstić information content (AvgIpc) is 3.05. The number of nitrogens with zero attached hydrogens (tertiary/aromatic N) is 4. The van der Waals surface area contributed by atoms with Gasteiger partial charge in [-0.05, 0) is 24.8 Å². The second kappa shape index (κ2) is 6.50. The van der Waals surface area contributed by atoms with Crippen LogP contribution in [0.1, 0.15) is 44.4 Å². The number of rotatable bonds is 7. The zero-order chi connectivity index (χ0) is 13.7. The average molecular weight is 261 g/mol. The molecule has 0 saturated heterocycles. The third-order valence-electron chi connectivity index (χ3n) is 3.51. The highest BCUT2D eigenvalue weighted by atomic mass is 15.3. The van der Waals surface area contributed by atoms with Crippen LogP contribution in [0, 0.1) is 5.92 Å². The Kier molecular flexibility index (Phi) is 4.71. The molecule has 0 saturated carbocycles. The zero-order valence-electron chi connectivity index (χ0n) is 12.1. The van der Waals surface area contributed by atoms with Crippen molar-refractivity contribution in [3.8, 4) is 0 Å². The van der Waals surface area contributed by atoms with E-state index in [0.717, 1.165) is 37.5 Å². The molecule has 19 heavy (non-hydrogen) atoms. The standard InChI is InChI=1S/C14H23N5/c1-4-11(3)8-13-17-14(19(5-2)18-13)7-6-12-9-15-16-10-12/h9-11H,4-8H2,1-3H3,(H,15,16). The highest BCUT2D eigenvalue weighted by Gasteiger charge is 2.11. The maximum absolute atomic E-state index is 4.69. The first-order valence-electron chi connectivity index (χ1n) is 7.13.